The quantitative estimate of drug-likeness (QED) is 0.680. The van der Waals surface area contributed by atoms with Gasteiger partial charge in [0.2, 0.25) is 0 Å². The van der Waals surface area contributed by atoms with Gasteiger partial charge in [0.05, 0.1) is 5.56 Å². The molecule has 0 saturated heterocycles. The lowest BCUT2D eigenvalue weighted by atomic mass is 10.1. The average Bonchev–Trinajstić information content (AvgIpc) is 2.58. The van der Waals surface area contributed by atoms with Crippen LogP contribution in [0.3, 0.4) is 0 Å². The number of benzene rings is 1. The van der Waals surface area contributed by atoms with E-state index in [1.54, 1.807) is 6.07 Å². The Bertz CT molecular complexity index is 527. The number of nitrogens with zero attached hydrogens (tertiary/aromatic N) is 1. The van der Waals surface area contributed by atoms with Gasteiger partial charge in [0.25, 0.3) is 0 Å². The van der Waals surface area contributed by atoms with Crippen molar-refractivity contribution in [2.45, 2.75) is 5.88 Å². The second-order valence-electron chi connectivity index (χ2n) is 2.83. The summed E-state index contributed by atoms with van der Waals surface area (Å²) in [4.78, 5) is 0. The molecule has 0 bridgehead atoms. The van der Waals surface area contributed by atoms with E-state index in [4.69, 9.17) is 16.9 Å². The van der Waals surface area contributed by atoms with Crippen molar-refractivity contribution < 1.29 is 4.39 Å². The monoisotopic (exact) mass is 225 g/mol. The number of rotatable bonds is 1. The highest BCUT2D eigenvalue weighted by Crippen LogP contribution is 2.29. The summed E-state index contributed by atoms with van der Waals surface area (Å²) in [7, 11) is 0. The predicted octanol–water partition coefficient (Wildman–Crippen LogP) is 3.65. The minimum absolute atomic E-state index is 0.0715. The van der Waals surface area contributed by atoms with Crippen molar-refractivity contribution >= 4 is 33.0 Å². The molecule has 0 aliphatic heterocycles. The van der Waals surface area contributed by atoms with Crippen LogP contribution in [-0.2, 0) is 5.88 Å². The van der Waals surface area contributed by atoms with Crippen LogP contribution in [0.15, 0.2) is 17.5 Å². The third-order valence-electron chi connectivity index (χ3n) is 2.01. The van der Waals surface area contributed by atoms with Crippen LogP contribution >= 0.6 is 22.9 Å². The van der Waals surface area contributed by atoms with Crippen LogP contribution in [0.25, 0.3) is 10.1 Å². The third kappa shape index (κ3) is 1.37. The van der Waals surface area contributed by atoms with Crippen molar-refractivity contribution in [2.24, 2.45) is 0 Å². The first-order valence-corrected chi connectivity index (χ1v) is 5.33. The Morgan fingerprint density at radius 2 is 2.29 bits per heavy atom. The van der Waals surface area contributed by atoms with E-state index in [0.29, 0.717) is 5.88 Å². The molecule has 70 valence electrons. The van der Waals surface area contributed by atoms with E-state index in [1.807, 2.05) is 11.4 Å². The number of hydrogen-bond acceptors (Lipinski definition) is 2. The number of thiophene rings is 1. The van der Waals surface area contributed by atoms with E-state index in [-0.39, 0.29) is 5.56 Å². The molecule has 0 amide bonds. The minimum atomic E-state index is -0.469. The van der Waals surface area contributed by atoms with Crippen LogP contribution in [0.5, 0.6) is 0 Å². The number of nitriles is 1. The van der Waals surface area contributed by atoms with E-state index in [2.05, 4.69) is 0 Å². The van der Waals surface area contributed by atoms with Gasteiger partial charge in [-0.15, -0.1) is 22.9 Å². The minimum Gasteiger partial charge on any atom is -0.205 e. The van der Waals surface area contributed by atoms with Crippen LogP contribution in [0, 0.1) is 17.1 Å². The first-order chi connectivity index (χ1) is 6.76. The van der Waals surface area contributed by atoms with Crippen molar-refractivity contribution in [1.29, 1.82) is 5.26 Å². The summed E-state index contributed by atoms with van der Waals surface area (Å²) in [5.41, 5.74) is 1.02. The van der Waals surface area contributed by atoms with Crippen molar-refractivity contribution in [3.63, 3.8) is 0 Å². The summed E-state index contributed by atoms with van der Waals surface area (Å²) in [6.45, 7) is 0. The molecule has 0 atom stereocenters. The lowest BCUT2D eigenvalue weighted by Gasteiger charge is -1.95. The maximum Gasteiger partial charge on any atom is 0.142 e. The van der Waals surface area contributed by atoms with Crippen LogP contribution in [0.4, 0.5) is 4.39 Å². The van der Waals surface area contributed by atoms with E-state index in [0.717, 1.165) is 15.6 Å². The smallest absolute Gasteiger partial charge is 0.142 e. The molecule has 0 radical (unpaired) electrons. The molecule has 14 heavy (non-hydrogen) atoms. The maximum atomic E-state index is 13.2. The summed E-state index contributed by atoms with van der Waals surface area (Å²) < 4.78 is 14.0. The fourth-order valence-corrected chi connectivity index (χ4v) is 2.57. The number of fused-ring (bicyclic) bond motifs is 1. The van der Waals surface area contributed by atoms with Crippen molar-refractivity contribution in [2.75, 3.05) is 0 Å². The molecule has 0 aliphatic carbocycles. The van der Waals surface area contributed by atoms with Crippen molar-refractivity contribution in [3.8, 4) is 6.07 Å². The standard InChI is InChI=1S/C10H5ClFNS/c11-3-7-5-14-10-2-9(12)6(4-13)1-8(7)10/h1-2,5H,3H2. The summed E-state index contributed by atoms with van der Waals surface area (Å²) in [5.74, 6) is -0.0841. The normalized spacial score (nSPS) is 10.4. The molecular weight excluding hydrogens is 221 g/mol. The molecule has 1 aromatic carbocycles. The molecular formula is C10H5ClFNS. The van der Waals surface area contributed by atoms with Gasteiger partial charge < -0.3 is 0 Å². The first kappa shape index (κ1) is 9.45. The van der Waals surface area contributed by atoms with Gasteiger partial charge >= 0.3 is 0 Å². The van der Waals surface area contributed by atoms with Crippen LogP contribution in [0.2, 0.25) is 0 Å². The maximum absolute atomic E-state index is 13.2. The first-order valence-electron chi connectivity index (χ1n) is 3.92. The molecule has 0 saturated carbocycles. The molecule has 4 heteroatoms. The summed E-state index contributed by atoms with van der Waals surface area (Å²) >= 11 is 7.15. The fourth-order valence-electron chi connectivity index (χ4n) is 1.29. The zero-order chi connectivity index (χ0) is 10.1. The van der Waals surface area contributed by atoms with Crippen molar-refractivity contribution in [3.05, 3.63) is 34.5 Å². The van der Waals surface area contributed by atoms with Gasteiger partial charge in [0, 0.05) is 10.6 Å². The molecule has 0 spiro atoms. The van der Waals surface area contributed by atoms with Gasteiger partial charge in [-0.25, -0.2) is 4.39 Å². The van der Waals surface area contributed by atoms with Gasteiger partial charge in [-0.05, 0) is 28.5 Å². The molecule has 2 aromatic rings. The lowest BCUT2D eigenvalue weighted by Crippen LogP contribution is -1.83. The molecule has 0 N–H and O–H groups in total. The van der Waals surface area contributed by atoms with E-state index in [1.165, 1.54) is 17.4 Å². The topological polar surface area (TPSA) is 23.8 Å². The van der Waals surface area contributed by atoms with Gasteiger partial charge in [-0.2, -0.15) is 5.26 Å². The van der Waals surface area contributed by atoms with Crippen LogP contribution in [-0.4, -0.2) is 0 Å². The third-order valence-corrected chi connectivity index (χ3v) is 3.29. The van der Waals surface area contributed by atoms with E-state index in [9.17, 15) is 4.39 Å². The Balaban J connectivity index is 2.78. The molecule has 0 fully saturated rings. The Kier molecular flexibility index (Phi) is 2.40. The van der Waals surface area contributed by atoms with E-state index >= 15 is 0 Å². The number of halogens is 2. The predicted molar refractivity (Wildman–Crippen MR) is 56.1 cm³/mol. The fraction of sp³-hybridized carbons (Fsp3) is 0.100. The van der Waals surface area contributed by atoms with E-state index < -0.39 is 5.82 Å². The summed E-state index contributed by atoms with van der Waals surface area (Å²) in [6, 6.07) is 4.75. The Morgan fingerprint density at radius 1 is 1.50 bits per heavy atom. The van der Waals surface area contributed by atoms with Crippen molar-refractivity contribution in [1.82, 2.24) is 0 Å². The molecule has 1 aromatic heterocycles. The zero-order valence-electron chi connectivity index (χ0n) is 7.05. The largest absolute Gasteiger partial charge is 0.205 e. The van der Waals surface area contributed by atoms with Crippen LogP contribution < -0.4 is 0 Å². The summed E-state index contributed by atoms with van der Waals surface area (Å²) in [5, 5.41) is 11.4. The highest BCUT2D eigenvalue weighted by Gasteiger charge is 2.08. The number of hydrogen-bond donors (Lipinski definition) is 0. The second-order valence-corrected chi connectivity index (χ2v) is 4.01. The Hall–Kier alpha value is -1.11. The van der Waals surface area contributed by atoms with Gasteiger partial charge in [-0.1, -0.05) is 0 Å². The molecule has 2 rings (SSSR count). The molecule has 0 aliphatic rings. The molecule has 1 heterocycles. The lowest BCUT2D eigenvalue weighted by molar-refractivity contribution is 0.626. The summed E-state index contributed by atoms with van der Waals surface area (Å²) in [6.07, 6.45) is 0. The Labute approximate surface area is 89.3 Å². The number of alkyl halides is 1. The molecule has 1 nitrogen and oxygen atoms in total. The Morgan fingerprint density at radius 3 is 2.93 bits per heavy atom. The zero-order valence-corrected chi connectivity index (χ0v) is 8.62. The molecule has 0 unspecified atom stereocenters. The van der Waals surface area contributed by atoms with Gasteiger partial charge in [0.15, 0.2) is 0 Å². The van der Waals surface area contributed by atoms with Gasteiger partial charge in [-0.3, -0.25) is 0 Å². The van der Waals surface area contributed by atoms with Gasteiger partial charge in [0.1, 0.15) is 11.9 Å². The van der Waals surface area contributed by atoms with Crippen LogP contribution in [0.1, 0.15) is 11.1 Å². The SMILES string of the molecule is N#Cc1cc2c(CCl)csc2cc1F. The highest BCUT2D eigenvalue weighted by molar-refractivity contribution is 7.17. The average molecular weight is 226 g/mol. The highest BCUT2D eigenvalue weighted by atomic mass is 35.5. The second kappa shape index (κ2) is 3.56.